The van der Waals surface area contributed by atoms with E-state index in [4.69, 9.17) is 4.74 Å². The third kappa shape index (κ3) is 2.09. The molecule has 2 fully saturated rings. The van der Waals surface area contributed by atoms with Gasteiger partial charge in [0.05, 0.1) is 11.3 Å². The number of ether oxygens (including phenoxy) is 1. The SMILES string of the molecule is CC1CN(c2ccncc2[N+](=O)[O-])C[C@H]2CC(=O)O[C@@H]12. The van der Waals surface area contributed by atoms with Gasteiger partial charge >= 0.3 is 11.7 Å². The first-order chi connectivity index (χ1) is 9.56. The van der Waals surface area contributed by atoms with Gasteiger partial charge < -0.3 is 9.64 Å². The van der Waals surface area contributed by atoms with Crippen molar-refractivity contribution < 1.29 is 14.5 Å². The van der Waals surface area contributed by atoms with Gasteiger partial charge in [0.15, 0.2) is 0 Å². The lowest BCUT2D eigenvalue weighted by Gasteiger charge is -2.38. The van der Waals surface area contributed by atoms with Crippen molar-refractivity contribution in [1.82, 2.24) is 4.98 Å². The van der Waals surface area contributed by atoms with Gasteiger partial charge in [-0.15, -0.1) is 0 Å². The Hall–Kier alpha value is -2.18. The van der Waals surface area contributed by atoms with E-state index in [-0.39, 0.29) is 29.6 Å². The first-order valence-corrected chi connectivity index (χ1v) is 6.59. The van der Waals surface area contributed by atoms with Gasteiger partial charge in [-0.05, 0) is 6.07 Å². The smallest absolute Gasteiger partial charge is 0.310 e. The number of nitro groups is 1. The highest BCUT2D eigenvalue weighted by Gasteiger charge is 2.44. The van der Waals surface area contributed by atoms with Crippen LogP contribution in [0.5, 0.6) is 0 Å². The quantitative estimate of drug-likeness (QED) is 0.461. The van der Waals surface area contributed by atoms with Crippen molar-refractivity contribution in [3.05, 3.63) is 28.6 Å². The van der Waals surface area contributed by atoms with Crippen LogP contribution < -0.4 is 4.90 Å². The first kappa shape index (κ1) is 12.8. The van der Waals surface area contributed by atoms with Crippen LogP contribution in [0.2, 0.25) is 0 Å². The summed E-state index contributed by atoms with van der Waals surface area (Å²) in [4.78, 5) is 27.9. The normalized spacial score (nSPS) is 28.9. The molecule has 0 spiro atoms. The molecule has 7 heteroatoms. The largest absolute Gasteiger partial charge is 0.462 e. The minimum Gasteiger partial charge on any atom is -0.462 e. The number of carbonyl (C=O) groups is 1. The van der Waals surface area contributed by atoms with Gasteiger partial charge in [0.1, 0.15) is 18.0 Å². The highest BCUT2D eigenvalue weighted by atomic mass is 16.6. The monoisotopic (exact) mass is 277 g/mol. The number of fused-ring (bicyclic) bond motifs is 1. The third-order valence-corrected chi connectivity index (χ3v) is 4.00. The van der Waals surface area contributed by atoms with E-state index in [1.807, 2.05) is 11.8 Å². The van der Waals surface area contributed by atoms with Crippen LogP contribution in [0.3, 0.4) is 0 Å². The second-order valence-corrected chi connectivity index (χ2v) is 5.42. The molecule has 1 aromatic rings. The number of carbonyl (C=O) groups excluding carboxylic acids is 1. The van der Waals surface area contributed by atoms with Crippen molar-refractivity contribution in [1.29, 1.82) is 0 Å². The summed E-state index contributed by atoms with van der Waals surface area (Å²) in [5.74, 6) is 0.102. The van der Waals surface area contributed by atoms with Crippen LogP contribution >= 0.6 is 0 Å². The van der Waals surface area contributed by atoms with Crippen LogP contribution in [-0.4, -0.2) is 35.1 Å². The van der Waals surface area contributed by atoms with E-state index in [9.17, 15) is 14.9 Å². The molecule has 106 valence electrons. The van der Waals surface area contributed by atoms with Crippen LogP contribution in [0.25, 0.3) is 0 Å². The summed E-state index contributed by atoms with van der Waals surface area (Å²) in [6, 6.07) is 1.66. The van der Waals surface area contributed by atoms with Crippen LogP contribution in [-0.2, 0) is 9.53 Å². The molecule has 20 heavy (non-hydrogen) atoms. The molecule has 2 aliphatic rings. The molecule has 1 aromatic heterocycles. The molecule has 7 nitrogen and oxygen atoms in total. The Morgan fingerprint density at radius 2 is 2.30 bits per heavy atom. The molecule has 3 rings (SSSR count). The average Bonchev–Trinajstić information content (AvgIpc) is 2.79. The topological polar surface area (TPSA) is 85.6 Å². The summed E-state index contributed by atoms with van der Waals surface area (Å²) in [6.45, 7) is 3.25. The Kier molecular flexibility index (Phi) is 3.04. The maximum atomic E-state index is 11.4. The number of rotatable bonds is 2. The van der Waals surface area contributed by atoms with Crippen LogP contribution in [0.4, 0.5) is 11.4 Å². The molecular weight excluding hydrogens is 262 g/mol. The average molecular weight is 277 g/mol. The third-order valence-electron chi connectivity index (χ3n) is 4.00. The summed E-state index contributed by atoms with van der Waals surface area (Å²) in [5, 5.41) is 11.1. The van der Waals surface area contributed by atoms with Gasteiger partial charge in [0, 0.05) is 31.1 Å². The van der Waals surface area contributed by atoms with Gasteiger partial charge in [-0.2, -0.15) is 0 Å². The van der Waals surface area contributed by atoms with Crippen molar-refractivity contribution >= 4 is 17.3 Å². The zero-order chi connectivity index (χ0) is 14.3. The zero-order valence-corrected chi connectivity index (χ0v) is 11.1. The summed E-state index contributed by atoms with van der Waals surface area (Å²) < 4.78 is 5.33. The molecule has 0 radical (unpaired) electrons. The molecule has 0 bridgehead atoms. The molecule has 2 saturated heterocycles. The molecule has 3 atom stereocenters. The molecule has 2 aliphatic heterocycles. The van der Waals surface area contributed by atoms with Crippen LogP contribution in [0.1, 0.15) is 13.3 Å². The molecule has 0 N–H and O–H groups in total. The fourth-order valence-corrected chi connectivity index (χ4v) is 3.17. The summed E-state index contributed by atoms with van der Waals surface area (Å²) >= 11 is 0. The number of piperidine rings is 1. The number of hydrogen-bond acceptors (Lipinski definition) is 6. The van der Waals surface area contributed by atoms with E-state index >= 15 is 0 Å². The number of aromatic nitrogens is 1. The van der Waals surface area contributed by atoms with Crippen molar-refractivity contribution in [2.24, 2.45) is 11.8 Å². The minimum absolute atomic E-state index is 0.00314. The lowest BCUT2D eigenvalue weighted by atomic mass is 9.86. The molecular formula is C13H15N3O4. The van der Waals surface area contributed by atoms with Crippen molar-refractivity contribution in [2.45, 2.75) is 19.4 Å². The Bertz CT molecular complexity index is 562. The van der Waals surface area contributed by atoms with Crippen molar-refractivity contribution in [3.8, 4) is 0 Å². The Balaban J connectivity index is 1.89. The van der Waals surface area contributed by atoms with Crippen molar-refractivity contribution in [3.63, 3.8) is 0 Å². The van der Waals surface area contributed by atoms with E-state index in [1.165, 1.54) is 6.20 Å². The lowest BCUT2D eigenvalue weighted by Crippen LogP contribution is -2.47. The highest BCUT2D eigenvalue weighted by Crippen LogP contribution is 2.37. The summed E-state index contributed by atoms with van der Waals surface area (Å²) in [6.07, 6.45) is 3.15. The Labute approximate surface area is 115 Å². The fourth-order valence-electron chi connectivity index (χ4n) is 3.17. The summed E-state index contributed by atoms with van der Waals surface area (Å²) in [7, 11) is 0. The van der Waals surface area contributed by atoms with Gasteiger partial charge in [-0.25, -0.2) is 0 Å². The molecule has 0 aromatic carbocycles. The van der Waals surface area contributed by atoms with Gasteiger partial charge in [0.25, 0.3) is 0 Å². The molecule has 0 amide bonds. The first-order valence-electron chi connectivity index (χ1n) is 6.59. The van der Waals surface area contributed by atoms with Gasteiger partial charge in [-0.3, -0.25) is 19.9 Å². The maximum absolute atomic E-state index is 11.4. The van der Waals surface area contributed by atoms with Crippen LogP contribution in [0, 0.1) is 22.0 Å². The van der Waals surface area contributed by atoms with E-state index in [1.54, 1.807) is 12.3 Å². The molecule has 3 heterocycles. The summed E-state index contributed by atoms with van der Waals surface area (Å²) in [5.41, 5.74) is 0.568. The Morgan fingerprint density at radius 1 is 1.50 bits per heavy atom. The second kappa shape index (κ2) is 4.73. The number of nitrogens with zero attached hydrogens (tertiary/aromatic N) is 3. The number of esters is 1. The highest BCUT2D eigenvalue weighted by molar-refractivity contribution is 5.73. The predicted octanol–water partition coefficient (Wildman–Crippen LogP) is 1.38. The van der Waals surface area contributed by atoms with E-state index in [2.05, 4.69) is 4.98 Å². The van der Waals surface area contributed by atoms with Crippen LogP contribution in [0.15, 0.2) is 18.5 Å². The zero-order valence-electron chi connectivity index (χ0n) is 11.1. The second-order valence-electron chi connectivity index (χ2n) is 5.42. The standard InChI is InChI=1S/C13H15N3O4/c1-8-6-15(7-9-4-12(17)20-13(8)9)10-2-3-14-5-11(10)16(18)19/h2-3,5,8-9,13H,4,6-7H2,1H3/t8?,9-,13+/m1/s1. The molecule has 1 unspecified atom stereocenters. The number of hydrogen-bond donors (Lipinski definition) is 0. The fraction of sp³-hybridized carbons (Fsp3) is 0.538. The predicted molar refractivity (Wildman–Crippen MR) is 70.3 cm³/mol. The van der Waals surface area contributed by atoms with Gasteiger partial charge in [-0.1, -0.05) is 6.92 Å². The molecule has 0 aliphatic carbocycles. The van der Waals surface area contributed by atoms with E-state index in [0.717, 1.165) is 0 Å². The van der Waals surface area contributed by atoms with E-state index < -0.39 is 4.92 Å². The number of pyridine rings is 1. The lowest BCUT2D eigenvalue weighted by molar-refractivity contribution is -0.384. The number of anilines is 1. The minimum atomic E-state index is -0.421. The van der Waals surface area contributed by atoms with E-state index in [0.29, 0.717) is 25.2 Å². The Morgan fingerprint density at radius 3 is 3.05 bits per heavy atom. The maximum Gasteiger partial charge on any atom is 0.310 e. The van der Waals surface area contributed by atoms with Gasteiger partial charge in [0.2, 0.25) is 0 Å². The van der Waals surface area contributed by atoms with Crippen molar-refractivity contribution in [2.75, 3.05) is 18.0 Å². The molecule has 0 saturated carbocycles.